The minimum atomic E-state index is 0.300. The maximum Gasteiger partial charge on any atom is 0.0673 e. The lowest BCUT2D eigenvalue weighted by Crippen LogP contribution is -2.47. The van der Waals surface area contributed by atoms with E-state index in [4.69, 9.17) is 9.47 Å². The maximum absolute atomic E-state index is 5.74. The Morgan fingerprint density at radius 1 is 1.37 bits per heavy atom. The monoisotopic (exact) mass is 270 g/mol. The molecule has 2 heterocycles. The zero-order valence-electron chi connectivity index (χ0n) is 12.8. The summed E-state index contributed by atoms with van der Waals surface area (Å²) < 4.78 is 11.4. The summed E-state index contributed by atoms with van der Waals surface area (Å²) in [6.07, 6.45) is 2.69. The fourth-order valence-electron chi connectivity index (χ4n) is 3.09. The van der Waals surface area contributed by atoms with Gasteiger partial charge in [0, 0.05) is 50.8 Å². The quantitative estimate of drug-likeness (QED) is 0.821. The van der Waals surface area contributed by atoms with Crippen LogP contribution in [-0.4, -0.2) is 63.0 Å². The first-order valence-corrected chi connectivity index (χ1v) is 7.75. The largest absolute Gasteiger partial charge is 0.381 e. The van der Waals surface area contributed by atoms with Gasteiger partial charge >= 0.3 is 0 Å². The van der Waals surface area contributed by atoms with E-state index in [2.05, 4.69) is 31.0 Å². The molecule has 0 spiro atoms. The van der Waals surface area contributed by atoms with Gasteiger partial charge in [0.1, 0.15) is 0 Å². The highest BCUT2D eigenvalue weighted by molar-refractivity contribution is 4.89. The van der Waals surface area contributed by atoms with Gasteiger partial charge in [-0.3, -0.25) is 4.90 Å². The van der Waals surface area contributed by atoms with Crippen LogP contribution in [0, 0.1) is 5.41 Å². The molecule has 2 aliphatic rings. The Labute approximate surface area is 117 Å². The van der Waals surface area contributed by atoms with E-state index in [0.29, 0.717) is 17.6 Å². The molecule has 1 N–H and O–H groups in total. The van der Waals surface area contributed by atoms with Crippen molar-refractivity contribution in [2.45, 2.75) is 45.8 Å². The van der Waals surface area contributed by atoms with E-state index in [0.717, 1.165) is 52.4 Å². The highest BCUT2D eigenvalue weighted by Crippen LogP contribution is 2.30. The van der Waals surface area contributed by atoms with Crippen LogP contribution in [0.2, 0.25) is 0 Å². The summed E-state index contributed by atoms with van der Waals surface area (Å²) in [4.78, 5) is 2.58. The van der Waals surface area contributed by atoms with Crippen molar-refractivity contribution < 1.29 is 9.47 Å². The number of rotatable bonds is 5. The van der Waals surface area contributed by atoms with Gasteiger partial charge in [0.2, 0.25) is 0 Å². The van der Waals surface area contributed by atoms with Gasteiger partial charge in [-0.05, 0) is 19.8 Å². The summed E-state index contributed by atoms with van der Waals surface area (Å²) >= 11 is 0. The molecule has 0 saturated carbocycles. The second kappa shape index (κ2) is 7.02. The van der Waals surface area contributed by atoms with Crippen molar-refractivity contribution in [3.63, 3.8) is 0 Å². The first kappa shape index (κ1) is 15.2. The fourth-order valence-corrected chi connectivity index (χ4v) is 3.09. The minimum absolute atomic E-state index is 0.300. The van der Waals surface area contributed by atoms with Gasteiger partial charge in [0.15, 0.2) is 0 Å². The molecule has 0 bridgehead atoms. The highest BCUT2D eigenvalue weighted by Gasteiger charge is 2.37. The molecule has 2 rings (SSSR count). The molecule has 0 aromatic rings. The van der Waals surface area contributed by atoms with E-state index in [-0.39, 0.29) is 0 Å². The minimum Gasteiger partial charge on any atom is -0.381 e. The predicted octanol–water partition coefficient (Wildman–Crippen LogP) is 1.50. The van der Waals surface area contributed by atoms with Gasteiger partial charge in [-0.1, -0.05) is 13.8 Å². The molecule has 4 heteroatoms. The molecule has 0 radical (unpaired) electrons. The summed E-state index contributed by atoms with van der Waals surface area (Å²) in [6, 6.07) is 0.545. The molecular formula is C15H30N2O2. The molecule has 2 aliphatic heterocycles. The Bertz CT molecular complexity index is 265. The van der Waals surface area contributed by atoms with Crippen molar-refractivity contribution in [1.82, 2.24) is 10.2 Å². The van der Waals surface area contributed by atoms with Gasteiger partial charge in [0.05, 0.1) is 12.7 Å². The van der Waals surface area contributed by atoms with Crippen molar-refractivity contribution in [3.05, 3.63) is 0 Å². The maximum atomic E-state index is 5.74. The van der Waals surface area contributed by atoms with E-state index >= 15 is 0 Å². The van der Waals surface area contributed by atoms with Gasteiger partial charge < -0.3 is 14.8 Å². The standard InChI is InChI=1S/C15H30N2O2/c1-13(2)16-10-15(5-8-18-12-15)11-17-6-4-7-19-14(3)9-17/h13-14,16H,4-12H2,1-3H3. The van der Waals surface area contributed by atoms with Gasteiger partial charge in [0.25, 0.3) is 0 Å². The molecule has 0 aliphatic carbocycles. The Balaban J connectivity index is 1.91. The van der Waals surface area contributed by atoms with Crippen molar-refractivity contribution in [2.75, 3.05) is 46.0 Å². The smallest absolute Gasteiger partial charge is 0.0673 e. The van der Waals surface area contributed by atoms with Crippen LogP contribution in [0.3, 0.4) is 0 Å². The molecule has 0 aromatic carbocycles. The van der Waals surface area contributed by atoms with Crippen LogP contribution in [0.5, 0.6) is 0 Å². The number of hydrogen-bond donors (Lipinski definition) is 1. The lowest BCUT2D eigenvalue weighted by molar-refractivity contribution is 0.0552. The van der Waals surface area contributed by atoms with Crippen LogP contribution >= 0.6 is 0 Å². The first-order chi connectivity index (χ1) is 9.10. The topological polar surface area (TPSA) is 33.7 Å². The molecule has 0 aromatic heterocycles. The zero-order valence-corrected chi connectivity index (χ0v) is 12.8. The Hall–Kier alpha value is -0.160. The second-order valence-electron chi connectivity index (χ2n) is 6.61. The third-order valence-corrected chi connectivity index (χ3v) is 4.17. The van der Waals surface area contributed by atoms with Gasteiger partial charge in [-0.2, -0.15) is 0 Å². The lowest BCUT2D eigenvalue weighted by atomic mass is 9.86. The van der Waals surface area contributed by atoms with Crippen molar-refractivity contribution in [1.29, 1.82) is 0 Å². The predicted molar refractivity (Wildman–Crippen MR) is 77.5 cm³/mol. The molecule has 2 saturated heterocycles. The molecule has 2 fully saturated rings. The number of ether oxygens (including phenoxy) is 2. The summed E-state index contributed by atoms with van der Waals surface area (Å²) in [5.41, 5.74) is 0.300. The van der Waals surface area contributed by atoms with E-state index in [1.54, 1.807) is 0 Å². The van der Waals surface area contributed by atoms with Gasteiger partial charge in [-0.25, -0.2) is 0 Å². The summed E-state index contributed by atoms with van der Waals surface area (Å²) in [6.45, 7) is 13.8. The molecule has 0 amide bonds. The van der Waals surface area contributed by atoms with E-state index in [9.17, 15) is 0 Å². The summed E-state index contributed by atoms with van der Waals surface area (Å²) in [5.74, 6) is 0. The lowest BCUT2D eigenvalue weighted by Gasteiger charge is -2.35. The van der Waals surface area contributed by atoms with Crippen molar-refractivity contribution in [3.8, 4) is 0 Å². The number of nitrogens with one attached hydrogen (secondary N) is 1. The third-order valence-electron chi connectivity index (χ3n) is 4.17. The molecular weight excluding hydrogens is 240 g/mol. The van der Waals surface area contributed by atoms with Crippen LogP contribution in [0.4, 0.5) is 0 Å². The van der Waals surface area contributed by atoms with Crippen LogP contribution in [0.25, 0.3) is 0 Å². The average molecular weight is 270 g/mol. The van der Waals surface area contributed by atoms with E-state index < -0.39 is 0 Å². The van der Waals surface area contributed by atoms with Crippen LogP contribution in [0.1, 0.15) is 33.6 Å². The zero-order chi connectivity index (χ0) is 13.7. The van der Waals surface area contributed by atoms with Crippen LogP contribution < -0.4 is 5.32 Å². The number of hydrogen-bond acceptors (Lipinski definition) is 4. The second-order valence-corrected chi connectivity index (χ2v) is 6.61. The summed E-state index contributed by atoms with van der Waals surface area (Å²) in [5, 5.41) is 3.61. The normalized spacial score (nSPS) is 33.8. The van der Waals surface area contributed by atoms with E-state index in [1.165, 1.54) is 6.42 Å². The summed E-state index contributed by atoms with van der Waals surface area (Å²) in [7, 11) is 0. The highest BCUT2D eigenvalue weighted by atomic mass is 16.5. The van der Waals surface area contributed by atoms with Crippen molar-refractivity contribution in [2.24, 2.45) is 5.41 Å². The first-order valence-electron chi connectivity index (χ1n) is 7.75. The molecule has 2 atom stereocenters. The SMILES string of the molecule is CC(C)NCC1(CN2CCCOC(C)C2)CCOC1. The Morgan fingerprint density at radius 2 is 2.21 bits per heavy atom. The Morgan fingerprint density at radius 3 is 2.89 bits per heavy atom. The molecule has 2 unspecified atom stereocenters. The van der Waals surface area contributed by atoms with Crippen molar-refractivity contribution >= 4 is 0 Å². The Kier molecular flexibility index (Phi) is 5.63. The fraction of sp³-hybridized carbons (Fsp3) is 1.00. The van der Waals surface area contributed by atoms with Crippen LogP contribution in [0.15, 0.2) is 0 Å². The molecule has 19 heavy (non-hydrogen) atoms. The number of nitrogens with zero attached hydrogens (tertiary/aromatic N) is 1. The van der Waals surface area contributed by atoms with E-state index in [1.807, 2.05) is 0 Å². The molecule has 112 valence electrons. The average Bonchev–Trinajstić information content (AvgIpc) is 2.71. The third kappa shape index (κ3) is 4.71. The van der Waals surface area contributed by atoms with Gasteiger partial charge in [-0.15, -0.1) is 0 Å². The van der Waals surface area contributed by atoms with Crippen LogP contribution in [-0.2, 0) is 9.47 Å². The molecule has 4 nitrogen and oxygen atoms in total.